The molecule has 23 heavy (non-hydrogen) atoms. The summed E-state index contributed by atoms with van der Waals surface area (Å²) in [6, 6.07) is 13.3. The fourth-order valence-electron chi connectivity index (χ4n) is 2.40. The average molecular weight is 312 g/mol. The molecule has 0 saturated heterocycles. The molecule has 2 N–H and O–H groups in total. The molecule has 0 spiro atoms. The maximum absolute atomic E-state index is 11.9. The van der Waals surface area contributed by atoms with Gasteiger partial charge in [0.15, 0.2) is 0 Å². The number of aryl methyl sites for hydroxylation is 1. The quantitative estimate of drug-likeness (QED) is 0.559. The van der Waals surface area contributed by atoms with Crippen LogP contribution in [0.15, 0.2) is 53.3 Å². The molecule has 1 heterocycles. The highest BCUT2D eigenvalue weighted by Gasteiger charge is 2.08. The molecule has 0 radical (unpaired) electrons. The first-order valence-electron chi connectivity index (χ1n) is 7.29. The number of nitrogens with one attached hydrogen (secondary N) is 1. The Balaban J connectivity index is 1.57. The van der Waals surface area contributed by atoms with Crippen LogP contribution in [0.4, 0.5) is 0 Å². The number of hydrogen-bond acceptors (Lipinski definition) is 4. The molecule has 0 atom stereocenters. The van der Waals surface area contributed by atoms with Crippen molar-refractivity contribution < 1.29 is 14.6 Å². The van der Waals surface area contributed by atoms with Gasteiger partial charge in [-0.25, -0.2) is 9.59 Å². The van der Waals surface area contributed by atoms with E-state index in [0.29, 0.717) is 18.5 Å². The summed E-state index contributed by atoms with van der Waals surface area (Å²) in [7, 11) is 0. The molecule has 6 heteroatoms. The Morgan fingerprint density at radius 2 is 1.87 bits per heavy atom. The number of carbonyl (C=O) groups is 1. The van der Waals surface area contributed by atoms with E-state index in [1.54, 1.807) is 4.57 Å². The SMILES string of the molecule is O=C(OCCCn1c(=O)[nH]c2ccccc21)c1ccc(O)cc1. The molecular weight excluding hydrogens is 296 g/mol. The Labute approximate surface area is 131 Å². The van der Waals surface area contributed by atoms with Crippen LogP contribution in [-0.4, -0.2) is 27.2 Å². The van der Waals surface area contributed by atoms with Crippen LogP contribution in [0, 0.1) is 0 Å². The molecule has 2 aromatic carbocycles. The number of aromatic amines is 1. The average Bonchev–Trinajstić information content (AvgIpc) is 2.87. The second-order valence-corrected chi connectivity index (χ2v) is 5.14. The van der Waals surface area contributed by atoms with Gasteiger partial charge in [-0.05, 0) is 42.8 Å². The van der Waals surface area contributed by atoms with E-state index in [1.165, 1.54) is 24.3 Å². The van der Waals surface area contributed by atoms with Gasteiger partial charge in [0.1, 0.15) is 5.75 Å². The summed E-state index contributed by atoms with van der Waals surface area (Å²) in [5, 5.41) is 9.18. The first-order valence-corrected chi connectivity index (χ1v) is 7.29. The molecule has 0 aliphatic heterocycles. The van der Waals surface area contributed by atoms with Crippen molar-refractivity contribution in [2.75, 3.05) is 6.61 Å². The summed E-state index contributed by atoms with van der Waals surface area (Å²) in [5.74, 6) is -0.350. The van der Waals surface area contributed by atoms with E-state index in [-0.39, 0.29) is 18.0 Å². The third kappa shape index (κ3) is 3.26. The number of carbonyl (C=O) groups excluding carboxylic acids is 1. The lowest BCUT2D eigenvalue weighted by Crippen LogP contribution is -2.18. The predicted molar refractivity (Wildman–Crippen MR) is 85.6 cm³/mol. The fraction of sp³-hybridized carbons (Fsp3) is 0.176. The number of fused-ring (bicyclic) bond motifs is 1. The van der Waals surface area contributed by atoms with Gasteiger partial charge in [-0.1, -0.05) is 12.1 Å². The summed E-state index contributed by atoms with van der Waals surface area (Å²) < 4.78 is 6.80. The van der Waals surface area contributed by atoms with Crippen LogP contribution in [0.3, 0.4) is 0 Å². The van der Waals surface area contributed by atoms with E-state index < -0.39 is 5.97 Å². The Bertz CT molecular complexity index is 877. The highest BCUT2D eigenvalue weighted by molar-refractivity contribution is 5.89. The number of phenolic OH excluding ortho intramolecular Hbond substituents is 1. The van der Waals surface area contributed by atoms with Crippen molar-refractivity contribution in [1.29, 1.82) is 0 Å². The van der Waals surface area contributed by atoms with E-state index in [4.69, 9.17) is 4.74 Å². The van der Waals surface area contributed by atoms with Gasteiger partial charge in [-0.3, -0.25) is 4.57 Å². The van der Waals surface area contributed by atoms with Crippen LogP contribution >= 0.6 is 0 Å². The summed E-state index contributed by atoms with van der Waals surface area (Å²) in [4.78, 5) is 26.5. The topological polar surface area (TPSA) is 84.3 Å². The summed E-state index contributed by atoms with van der Waals surface area (Å²) >= 11 is 0. The Morgan fingerprint density at radius 1 is 1.13 bits per heavy atom. The Hall–Kier alpha value is -3.02. The molecule has 3 rings (SSSR count). The third-order valence-electron chi connectivity index (χ3n) is 3.54. The number of hydrogen-bond donors (Lipinski definition) is 2. The highest BCUT2D eigenvalue weighted by atomic mass is 16.5. The zero-order valence-electron chi connectivity index (χ0n) is 12.4. The second kappa shape index (κ2) is 6.39. The van der Waals surface area contributed by atoms with E-state index in [1.807, 2.05) is 24.3 Å². The lowest BCUT2D eigenvalue weighted by atomic mass is 10.2. The van der Waals surface area contributed by atoms with Crippen molar-refractivity contribution in [3.8, 4) is 5.75 Å². The van der Waals surface area contributed by atoms with E-state index in [9.17, 15) is 14.7 Å². The lowest BCUT2D eigenvalue weighted by molar-refractivity contribution is 0.0496. The molecule has 1 aromatic heterocycles. The maximum atomic E-state index is 11.9. The minimum Gasteiger partial charge on any atom is -0.508 e. The van der Waals surface area contributed by atoms with Crippen molar-refractivity contribution in [2.45, 2.75) is 13.0 Å². The van der Waals surface area contributed by atoms with Crippen LogP contribution < -0.4 is 5.69 Å². The molecule has 0 unspecified atom stereocenters. The minimum absolute atomic E-state index is 0.0975. The lowest BCUT2D eigenvalue weighted by Gasteiger charge is -2.06. The third-order valence-corrected chi connectivity index (χ3v) is 3.54. The number of phenols is 1. The minimum atomic E-state index is -0.448. The van der Waals surface area contributed by atoms with Gasteiger partial charge in [-0.15, -0.1) is 0 Å². The van der Waals surface area contributed by atoms with Crippen LogP contribution in [-0.2, 0) is 11.3 Å². The first-order chi connectivity index (χ1) is 11.1. The summed E-state index contributed by atoms with van der Waals surface area (Å²) in [6.07, 6.45) is 0.533. The molecule has 0 saturated carbocycles. The molecule has 0 aliphatic rings. The molecule has 118 valence electrons. The van der Waals surface area contributed by atoms with Crippen molar-refractivity contribution >= 4 is 17.0 Å². The van der Waals surface area contributed by atoms with Gasteiger partial charge in [-0.2, -0.15) is 0 Å². The Morgan fingerprint density at radius 3 is 2.65 bits per heavy atom. The standard InChI is InChI=1S/C17H16N2O4/c20-13-8-6-12(7-9-13)16(21)23-11-3-10-19-15-5-2-1-4-14(15)18-17(19)22/h1-2,4-9,20H,3,10-11H2,(H,18,22). The van der Waals surface area contributed by atoms with Crippen LogP contribution in [0.2, 0.25) is 0 Å². The normalized spacial score (nSPS) is 10.8. The molecule has 0 fully saturated rings. The molecule has 0 aliphatic carbocycles. The van der Waals surface area contributed by atoms with Crippen LogP contribution in [0.25, 0.3) is 11.0 Å². The zero-order chi connectivity index (χ0) is 16.2. The number of H-pyrrole nitrogens is 1. The van der Waals surface area contributed by atoms with Crippen molar-refractivity contribution in [2.24, 2.45) is 0 Å². The summed E-state index contributed by atoms with van der Waals surface area (Å²) in [6.45, 7) is 0.678. The van der Waals surface area contributed by atoms with E-state index in [2.05, 4.69) is 4.98 Å². The highest BCUT2D eigenvalue weighted by Crippen LogP contribution is 2.11. The van der Waals surface area contributed by atoms with Gasteiger partial charge < -0.3 is 14.8 Å². The number of benzene rings is 2. The van der Waals surface area contributed by atoms with Crippen molar-refractivity contribution in [1.82, 2.24) is 9.55 Å². The number of imidazole rings is 1. The first kappa shape index (κ1) is 14.9. The number of esters is 1. The van der Waals surface area contributed by atoms with Gasteiger partial charge in [0.25, 0.3) is 0 Å². The van der Waals surface area contributed by atoms with Crippen LogP contribution in [0.1, 0.15) is 16.8 Å². The molecule has 0 bridgehead atoms. The number of para-hydroxylation sites is 2. The molecular formula is C17H16N2O4. The van der Waals surface area contributed by atoms with Crippen molar-refractivity contribution in [3.05, 3.63) is 64.6 Å². The van der Waals surface area contributed by atoms with Crippen molar-refractivity contribution in [3.63, 3.8) is 0 Å². The number of aromatic nitrogens is 2. The van der Waals surface area contributed by atoms with E-state index in [0.717, 1.165) is 11.0 Å². The largest absolute Gasteiger partial charge is 0.508 e. The molecule has 3 aromatic rings. The summed E-state index contributed by atoms with van der Waals surface area (Å²) in [5.41, 5.74) is 1.84. The van der Waals surface area contributed by atoms with Gasteiger partial charge in [0.05, 0.1) is 23.2 Å². The van der Waals surface area contributed by atoms with Gasteiger partial charge in [0, 0.05) is 6.54 Å². The molecule has 6 nitrogen and oxygen atoms in total. The maximum Gasteiger partial charge on any atom is 0.338 e. The number of aromatic hydroxyl groups is 1. The monoisotopic (exact) mass is 312 g/mol. The number of rotatable bonds is 5. The van der Waals surface area contributed by atoms with E-state index >= 15 is 0 Å². The van der Waals surface area contributed by atoms with Gasteiger partial charge in [0.2, 0.25) is 0 Å². The van der Waals surface area contributed by atoms with Crippen LogP contribution in [0.5, 0.6) is 5.75 Å². The molecule has 0 amide bonds. The second-order valence-electron chi connectivity index (χ2n) is 5.14. The predicted octanol–water partition coefficient (Wildman–Crippen LogP) is 2.28. The number of nitrogens with zero attached hydrogens (tertiary/aromatic N) is 1. The Kier molecular flexibility index (Phi) is 4.14. The number of ether oxygens (including phenoxy) is 1. The van der Waals surface area contributed by atoms with Gasteiger partial charge >= 0.3 is 11.7 Å². The zero-order valence-corrected chi connectivity index (χ0v) is 12.4. The smallest absolute Gasteiger partial charge is 0.338 e. The fourth-order valence-corrected chi connectivity index (χ4v) is 2.40.